The Labute approximate surface area is 161 Å². The molecule has 1 saturated heterocycles. The summed E-state index contributed by atoms with van der Waals surface area (Å²) in [5, 5.41) is 4.38. The number of aromatic nitrogens is 3. The molecule has 7 heteroatoms. The van der Waals surface area contributed by atoms with E-state index in [1.165, 1.54) is 6.33 Å². The van der Waals surface area contributed by atoms with Crippen molar-refractivity contribution in [2.45, 2.75) is 77.3 Å². The molecule has 1 fully saturated rings. The molecule has 3 rings (SSSR count). The minimum atomic E-state index is -0.601. The summed E-state index contributed by atoms with van der Waals surface area (Å²) in [5.41, 5.74) is 7.08. The topological polar surface area (TPSA) is 83.9 Å². The Morgan fingerprint density at radius 1 is 1.22 bits per heavy atom. The van der Waals surface area contributed by atoms with Gasteiger partial charge in [-0.05, 0) is 38.8 Å². The molecule has 1 aliphatic heterocycles. The number of unbranched alkanes of at least 4 members (excludes halogenated alkanes) is 2. The number of ether oxygens (including phenoxy) is 3. The van der Waals surface area contributed by atoms with Crippen molar-refractivity contribution in [1.29, 1.82) is 0 Å². The van der Waals surface area contributed by atoms with E-state index in [9.17, 15) is 0 Å². The first kappa shape index (κ1) is 20.0. The molecule has 0 radical (unpaired) electrons. The van der Waals surface area contributed by atoms with Crippen LogP contribution in [-0.2, 0) is 14.2 Å². The molecule has 2 aromatic rings. The molecule has 2 N–H and O–H groups in total. The Balaban J connectivity index is 1.94. The molecular formula is C20H32N4O3. The largest absolute Gasteiger partial charge is 0.382 e. The number of nitrogens with zero attached hydrogens (tertiary/aromatic N) is 3. The van der Waals surface area contributed by atoms with Gasteiger partial charge < -0.3 is 19.9 Å². The normalized spacial score (nSPS) is 28.2. The Morgan fingerprint density at radius 2 is 1.96 bits per heavy atom. The van der Waals surface area contributed by atoms with Crippen molar-refractivity contribution >= 4 is 11.3 Å². The van der Waals surface area contributed by atoms with Gasteiger partial charge in [0.1, 0.15) is 29.7 Å². The fraction of sp³-hybridized carbons (Fsp3) is 0.700. The Kier molecular flexibility index (Phi) is 6.34. The number of hydrogen-bond donors (Lipinski definition) is 1. The molecule has 0 aliphatic carbocycles. The summed E-state index contributed by atoms with van der Waals surface area (Å²) in [4.78, 5) is 4.07. The van der Waals surface area contributed by atoms with E-state index in [4.69, 9.17) is 19.9 Å². The van der Waals surface area contributed by atoms with Crippen LogP contribution in [0, 0.1) is 0 Å². The van der Waals surface area contributed by atoms with Crippen LogP contribution in [0.2, 0.25) is 0 Å². The van der Waals surface area contributed by atoms with Gasteiger partial charge in [-0.3, -0.25) is 0 Å². The molecule has 1 aliphatic rings. The van der Waals surface area contributed by atoms with Crippen molar-refractivity contribution in [3.63, 3.8) is 0 Å². The van der Waals surface area contributed by atoms with Gasteiger partial charge in [0.2, 0.25) is 0 Å². The second kappa shape index (κ2) is 8.54. The molecule has 3 heterocycles. The van der Waals surface area contributed by atoms with Crippen molar-refractivity contribution < 1.29 is 14.2 Å². The van der Waals surface area contributed by atoms with E-state index >= 15 is 0 Å². The smallest absolute Gasteiger partial charge is 0.151 e. The third-order valence-electron chi connectivity index (χ3n) is 5.35. The van der Waals surface area contributed by atoms with Crippen molar-refractivity contribution in [3.05, 3.63) is 24.2 Å². The molecule has 4 atom stereocenters. The maximum Gasteiger partial charge on any atom is 0.151 e. The highest BCUT2D eigenvalue weighted by Crippen LogP contribution is 2.46. The van der Waals surface area contributed by atoms with Crippen LogP contribution in [0.25, 0.3) is 5.52 Å². The van der Waals surface area contributed by atoms with Gasteiger partial charge in [-0.1, -0.05) is 26.7 Å². The number of nitrogens with two attached hydrogens (primary N) is 1. The van der Waals surface area contributed by atoms with E-state index in [2.05, 4.69) is 37.8 Å². The van der Waals surface area contributed by atoms with Crippen LogP contribution < -0.4 is 5.73 Å². The van der Waals surface area contributed by atoms with Crippen LogP contribution in [0.1, 0.15) is 65.2 Å². The predicted molar refractivity (Wildman–Crippen MR) is 105 cm³/mol. The van der Waals surface area contributed by atoms with Gasteiger partial charge in [0.15, 0.2) is 5.82 Å². The lowest BCUT2D eigenvalue weighted by molar-refractivity contribution is -0.136. The molecule has 0 saturated carbocycles. The first-order valence-corrected chi connectivity index (χ1v) is 10.0. The summed E-state index contributed by atoms with van der Waals surface area (Å²) in [6.07, 6.45) is 5.15. The monoisotopic (exact) mass is 376 g/mol. The standard InChI is InChI=1S/C20H32N4O3/c1-5-7-11-25-17-14(3)27-18(20(17,4)26-12-8-6-2)15-9-10-16-19(21)22-13-23-24(15)16/h9-10,13-14,17-18H,5-8,11-12H2,1-4H3,(H2,21,22,23)/t14?,17-,18+,20-/m1/s1. The number of rotatable bonds is 9. The maximum absolute atomic E-state index is 6.42. The van der Waals surface area contributed by atoms with Crippen LogP contribution in [-0.4, -0.2) is 45.6 Å². The fourth-order valence-electron chi connectivity index (χ4n) is 3.82. The quantitative estimate of drug-likeness (QED) is 0.674. The lowest BCUT2D eigenvalue weighted by Gasteiger charge is -2.35. The molecule has 0 spiro atoms. The Bertz CT molecular complexity index is 750. The minimum absolute atomic E-state index is 0.0804. The van der Waals surface area contributed by atoms with Crippen molar-refractivity contribution in [1.82, 2.24) is 14.6 Å². The zero-order valence-electron chi connectivity index (χ0n) is 16.9. The molecule has 0 bridgehead atoms. The highest BCUT2D eigenvalue weighted by molar-refractivity contribution is 5.65. The Hall–Kier alpha value is -1.70. The lowest BCUT2D eigenvalue weighted by Crippen LogP contribution is -2.46. The maximum atomic E-state index is 6.42. The summed E-state index contributed by atoms with van der Waals surface area (Å²) in [7, 11) is 0. The van der Waals surface area contributed by atoms with Crippen LogP contribution in [0.15, 0.2) is 18.5 Å². The average Bonchev–Trinajstić information content (AvgIpc) is 3.17. The molecule has 0 aromatic carbocycles. The van der Waals surface area contributed by atoms with Gasteiger partial charge >= 0.3 is 0 Å². The number of anilines is 1. The molecule has 150 valence electrons. The van der Waals surface area contributed by atoms with Gasteiger partial charge in [0.25, 0.3) is 0 Å². The van der Waals surface area contributed by atoms with E-state index < -0.39 is 5.60 Å². The highest BCUT2D eigenvalue weighted by Gasteiger charge is 2.55. The van der Waals surface area contributed by atoms with E-state index in [0.717, 1.165) is 36.9 Å². The summed E-state index contributed by atoms with van der Waals surface area (Å²) in [6.45, 7) is 9.85. The van der Waals surface area contributed by atoms with Crippen molar-refractivity contribution in [2.24, 2.45) is 0 Å². The Morgan fingerprint density at radius 3 is 2.70 bits per heavy atom. The van der Waals surface area contributed by atoms with Gasteiger partial charge in [-0.15, -0.1) is 0 Å². The summed E-state index contributed by atoms with van der Waals surface area (Å²) in [5.74, 6) is 0.451. The number of nitrogen functional groups attached to an aromatic ring is 1. The molecular weight excluding hydrogens is 344 g/mol. The third-order valence-corrected chi connectivity index (χ3v) is 5.35. The van der Waals surface area contributed by atoms with E-state index in [-0.39, 0.29) is 18.3 Å². The molecule has 7 nitrogen and oxygen atoms in total. The minimum Gasteiger partial charge on any atom is -0.382 e. The first-order valence-electron chi connectivity index (χ1n) is 10.0. The average molecular weight is 377 g/mol. The summed E-state index contributed by atoms with van der Waals surface area (Å²) in [6, 6.07) is 3.92. The lowest BCUT2D eigenvalue weighted by atomic mass is 9.90. The zero-order chi connectivity index (χ0) is 19.4. The summed E-state index contributed by atoms with van der Waals surface area (Å²) < 4.78 is 20.8. The molecule has 2 aromatic heterocycles. The van der Waals surface area contributed by atoms with Crippen LogP contribution in [0.3, 0.4) is 0 Å². The molecule has 1 unspecified atom stereocenters. The van der Waals surface area contributed by atoms with Gasteiger partial charge in [-0.25, -0.2) is 9.50 Å². The summed E-state index contributed by atoms with van der Waals surface area (Å²) >= 11 is 0. The van der Waals surface area contributed by atoms with Crippen LogP contribution in [0.4, 0.5) is 5.82 Å². The second-order valence-electron chi connectivity index (χ2n) is 7.45. The van der Waals surface area contributed by atoms with E-state index in [0.29, 0.717) is 19.0 Å². The first-order chi connectivity index (χ1) is 13.0. The number of fused-ring (bicyclic) bond motifs is 1. The van der Waals surface area contributed by atoms with Crippen molar-refractivity contribution in [3.8, 4) is 0 Å². The predicted octanol–water partition coefficient (Wildman–Crippen LogP) is 3.53. The third kappa shape index (κ3) is 3.81. The zero-order valence-corrected chi connectivity index (χ0v) is 16.9. The molecule has 27 heavy (non-hydrogen) atoms. The fourth-order valence-corrected chi connectivity index (χ4v) is 3.82. The van der Waals surface area contributed by atoms with Gasteiger partial charge in [0, 0.05) is 13.2 Å². The highest BCUT2D eigenvalue weighted by atomic mass is 16.6. The van der Waals surface area contributed by atoms with Crippen LogP contribution >= 0.6 is 0 Å². The second-order valence-corrected chi connectivity index (χ2v) is 7.45. The van der Waals surface area contributed by atoms with Gasteiger partial charge in [0.05, 0.1) is 11.8 Å². The van der Waals surface area contributed by atoms with Gasteiger partial charge in [-0.2, -0.15) is 5.10 Å². The number of hydrogen-bond acceptors (Lipinski definition) is 6. The van der Waals surface area contributed by atoms with E-state index in [1.807, 2.05) is 12.1 Å². The SMILES string of the molecule is CCCCO[C@@H]1C(C)O[C@@H](c2ccc3c(N)ncnn23)[C@]1(C)OCCCC. The van der Waals surface area contributed by atoms with Crippen LogP contribution in [0.5, 0.6) is 0 Å². The van der Waals surface area contributed by atoms with E-state index in [1.54, 1.807) is 4.52 Å². The van der Waals surface area contributed by atoms with Crippen molar-refractivity contribution in [2.75, 3.05) is 18.9 Å². The molecule has 0 amide bonds.